The number of hydrogen-bond donors (Lipinski definition) is 1. The highest BCUT2D eigenvalue weighted by molar-refractivity contribution is 9.10. The van der Waals surface area contributed by atoms with E-state index in [1.54, 1.807) is 20.0 Å². The van der Waals surface area contributed by atoms with E-state index in [9.17, 15) is 4.79 Å². The summed E-state index contributed by atoms with van der Waals surface area (Å²) in [6.07, 6.45) is 1.73. The van der Waals surface area contributed by atoms with Gasteiger partial charge in [-0.05, 0) is 41.9 Å². The number of rotatable bonds is 5. The van der Waals surface area contributed by atoms with Gasteiger partial charge in [-0.15, -0.1) is 0 Å². The fourth-order valence-electron chi connectivity index (χ4n) is 1.12. The number of pyridine rings is 1. The second-order valence-corrected chi connectivity index (χ2v) is 4.24. The molecule has 0 bridgehead atoms. The van der Waals surface area contributed by atoms with E-state index >= 15 is 0 Å². The van der Waals surface area contributed by atoms with E-state index in [2.05, 4.69) is 26.2 Å². The Hall–Kier alpha value is -0.940. The Morgan fingerprint density at radius 1 is 1.62 bits per heavy atom. The minimum absolute atomic E-state index is 0.236. The van der Waals surface area contributed by atoms with Gasteiger partial charge in [-0.3, -0.25) is 15.1 Å². The summed E-state index contributed by atoms with van der Waals surface area (Å²) in [5.41, 5.74) is 0.888. The van der Waals surface area contributed by atoms with Crippen molar-refractivity contribution in [3.05, 3.63) is 28.5 Å². The van der Waals surface area contributed by atoms with Crippen LogP contribution in [0, 0.1) is 0 Å². The average Bonchev–Trinajstić information content (AvgIpc) is 2.28. The van der Waals surface area contributed by atoms with E-state index < -0.39 is 0 Å². The minimum atomic E-state index is -0.314. The Bertz CT molecular complexity index is 340. The Morgan fingerprint density at radius 3 is 2.94 bits per heavy atom. The van der Waals surface area contributed by atoms with E-state index in [1.807, 2.05) is 12.1 Å². The molecule has 1 heterocycles. The molecular weight excluding hydrogens is 272 g/mol. The molecule has 1 unspecified atom stereocenters. The van der Waals surface area contributed by atoms with Gasteiger partial charge in [0.1, 0.15) is 6.04 Å². The molecule has 1 rings (SSSR count). The lowest BCUT2D eigenvalue weighted by Gasteiger charge is -2.11. The molecule has 0 aliphatic rings. The van der Waals surface area contributed by atoms with Crippen molar-refractivity contribution >= 4 is 21.9 Å². The SMILES string of the molecule is CCOC(=O)C(C)NCc1ccc(Br)cn1. The van der Waals surface area contributed by atoms with E-state index in [0.717, 1.165) is 10.2 Å². The number of nitrogens with one attached hydrogen (secondary N) is 1. The molecule has 0 aromatic carbocycles. The minimum Gasteiger partial charge on any atom is -0.465 e. The quantitative estimate of drug-likeness (QED) is 0.840. The highest BCUT2D eigenvalue weighted by Gasteiger charge is 2.12. The molecule has 0 radical (unpaired) electrons. The molecule has 0 aliphatic carbocycles. The summed E-state index contributed by atoms with van der Waals surface area (Å²) in [6, 6.07) is 3.50. The number of ether oxygens (including phenoxy) is 1. The van der Waals surface area contributed by atoms with E-state index in [1.165, 1.54) is 0 Å². The Kier molecular flexibility index (Phi) is 5.42. The summed E-state index contributed by atoms with van der Waals surface area (Å²) in [5.74, 6) is -0.236. The predicted molar refractivity (Wildman–Crippen MR) is 64.9 cm³/mol. The Morgan fingerprint density at radius 2 is 2.38 bits per heavy atom. The number of aromatic nitrogens is 1. The molecule has 0 spiro atoms. The molecule has 88 valence electrons. The van der Waals surface area contributed by atoms with Crippen molar-refractivity contribution in [2.24, 2.45) is 0 Å². The summed E-state index contributed by atoms with van der Waals surface area (Å²) >= 11 is 3.31. The van der Waals surface area contributed by atoms with Crippen molar-refractivity contribution in [3.63, 3.8) is 0 Å². The maximum atomic E-state index is 11.3. The van der Waals surface area contributed by atoms with Gasteiger partial charge in [-0.1, -0.05) is 0 Å². The summed E-state index contributed by atoms with van der Waals surface area (Å²) in [7, 11) is 0. The summed E-state index contributed by atoms with van der Waals surface area (Å²) in [4.78, 5) is 15.5. The number of carbonyl (C=O) groups is 1. The van der Waals surface area contributed by atoms with Crippen LogP contribution in [0.3, 0.4) is 0 Å². The smallest absolute Gasteiger partial charge is 0.322 e. The zero-order chi connectivity index (χ0) is 12.0. The van der Waals surface area contributed by atoms with E-state index in [4.69, 9.17) is 4.74 Å². The molecule has 1 aromatic heterocycles. The van der Waals surface area contributed by atoms with Crippen molar-refractivity contribution in [1.82, 2.24) is 10.3 Å². The van der Waals surface area contributed by atoms with Gasteiger partial charge in [0.25, 0.3) is 0 Å². The molecule has 1 aromatic rings. The van der Waals surface area contributed by atoms with Crippen LogP contribution < -0.4 is 5.32 Å². The second-order valence-electron chi connectivity index (χ2n) is 3.32. The molecule has 16 heavy (non-hydrogen) atoms. The normalized spacial score (nSPS) is 12.2. The third-order valence-corrected chi connectivity index (χ3v) is 2.49. The summed E-state index contributed by atoms with van der Waals surface area (Å²) in [6.45, 7) is 4.52. The number of halogens is 1. The first-order chi connectivity index (χ1) is 7.63. The van der Waals surface area contributed by atoms with Crippen molar-refractivity contribution in [3.8, 4) is 0 Å². The summed E-state index contributed by atoms with van der Waals surface area (Å²) in [5, 5.41) is 3.05. The largest absolute Gasteiger partial charge is 0.465 e. The number of esters is 1. The standard InChI is InChI=1S/C11H15BrN2O2/c1-3-16-11(15)8(2)13-7-10-5-4-9(12)6-14-10/h4-6,8,13H,3,7H2,1-2H3. The van der Waals surface area contributed by atoms with Crippen LogP contribution in [0.4, 0.5) is 0 Å². The van der Waals surface area contributed by atoms with Gasteiger partial charge >= 0.3 is 5.97 Å². The van der Waals surface area contributed by atoms with Crippen molar-refractivity contribution in [2.45, 2.75) is 26.4 Å². The Labute approximate surface area is 104 Å². The fraction of sp³-hybridized carbons (Fsp3) is 0.455. The highest BCUT2D eigenvalue weighted by Crippen LogP contribution is 2.07. The maximum absolute atomic E-state index is 11.3. The van der Waals surface area contributed by atoms with Gasteiger partial charge < -0.3 is 4.74 Å². The lowest BCUT2D eigenvalue weighted by molar-refractivity contribution is -0.145. The molecular formula is C11H15BrN2O2. The number of nitrogens with zero attached hydrogens (tertiary/aromatic N) is 1. The fourth-order valence-corrected chi connectivity index (χ4v) is 1.35. The van der Waals surface area contributed by atoms with Gasteiger partial charge in [0.2, 0.25) is 0 Å². The topological polar surface area (TPSA) is 51.2 Å². The van der Waals surface area contributed by atoms with Crippen LogP contribution in [-0.2, 0) is 16.1 Å². The monoisotopic (exact) mass is 286 g/mol. The highest BCUT2D eigenvalue weighted by atomic mass is 79.9. The number of hydrogen-bond acceptors (Lipinski definition) is 4. The molecule has 0 fully saturated rings. The van der Waals surface area contributed by atoms with Gasteiger partial charge in [-0.25, -0.2) is 0 Å². The third-order valence-electron chi connectivity index (χ3n) is 2.02. The molecule has 4 nitrogen and oxygen atoms in total. The van der Waals surface area contributed by atoms with Crippen molar-refractivity contribution in [2.75, 3.05) is 6.61 Å². The predicted octanol–water partition coefficient (Wildman–Crippen LogP) is 1.89. The zero-order valence-electron chi connectivity index (χ0n) is 9.37. The molecule has 1 N–H and O–H groups in total. The zero-order valence-corrected chi connectivity index (χ0v) is 11.0. The van der Waals surface area contributed by atoms with Gasteiger partial charge in [0.05, 0.1) is 12.3 Å². The molecule has 0 saturated heterocycles. The van der Waals surface area contributed by atoms with Gasteiger partial charge in [0.15, 0.2) is 0 Å². The number of carbonyl (C=O) groups excluding carboxylic acids is 1. The van der Waals surface area contributed by atoms with Crippen molar-refractivity contribution in [1.29, 1.82) is 0 Å². The van der Waals surface area contributed by atoms with Crippen LogP contribution in [0.25, 0.3) is 0 Å². The van der Waals surface area contributed by atoms with E-state index in [0.29, 0.717) is 13.2 Å². The first kappa shape index (κ1) is 13.1. The van der Waals surface area contributed by atoms with Gasteiger partial charge in [0, 0.05) is 17.2 Å². The maximum Gasteiger partial charge on any atom is 0.322 e. The lowest BCUT2D eigenvalue weighted by atomic mass is 10.3. The molecule has 5 heteroatoms. The first-order valence-corrected chi connectivity index (χ1v) is 5.93. The van der Waals surface area contributed by atoms with Crippen LogP contribution in [0.15, 0.2) is 22.8 Å². The van der Waals surface area contributed by atoms with Crippen LogP contribution in [0.2, 0.25) is 0 Å². The van der Waals surface area contributed by atoms with Crippen LogP contribution >= 0.6 is 15.9 Å². The lowest BCUT2D eigenvalue weighted by Crippen LogP contribution is -2.35. The van der Waals surface area contributed by atoms with Crippen LogP contribution in [-0.4, -0.2) is 23.6 Å². The van der Waals surface area contributed by atoms with E-state index in [-0.39, 0.29) is 12.0 Å². The van der Waals surface area contributed by atoms with Crippen molar-refractivity contribution < 1.29 is 9.53 Å². The third kappa shape index (κ3) is 4.28. The molecule has 0 saturated carbocycles. The Balaban J connectivity index is 2.39. The molecule has 1 atom stereocenters. The molecule has 0 aliphatic heterocycles. The second kappa shape index (κ2) is 6.60. The first-order valence-electron chi connectivity index (χ1n) is 5.14. The van der Waals surface area contributed by atoms with Crippen LogP contribution in [0.1, 0.15) is 19.5 Å². The van der Waals surface area contributed by atoms with Gasteiger partial charge in [-0.2, -0.15) is 0 Å². The molecule has 0 amide bonds. The average molecular weight is 287 g/mol. The summed E-state index contributed by atoms with van der Waals surface area (Å²) < 4.78 is 5.82. The van der Waals surface area contributed by atoms with Crippen LogP contribution in [0.5, 0.6) is 0 Å².